The number of rotatable bonds is 4. The SMILES string of the molecule is CCC(C)C1(C(C)C)CN=C(c2cscn2)O1. The van der Waals surface area contributed by atoms with Gasteiger partial charge in [0.05, 0.1) is 12.1 Å². The molecule has 0 aliphatic carbocycles. The van der Waals surface area contributed by atoms with Crippen molar-refractivity contribution in [1.82, 2.24) is 4.98 Å². The minimum absolute atomic E-state index is 0.145. The Balaban J connectivity index is 2.21. The number of thiazole rings is 1. The van der Waals surface area contributed by atoms with E-state index in [2.05, 4.69) is 37.7 Å². The van der Waals surface area contributed by atoms with E-state index in [4.69, 9.17) is 4.74 Å². The van der Waals surface area contributed by atoms with Gasteiger partial charge < -0.3 is 4.74 Å². The third kappa shape index (κ3) is 2.10. The van der Waals surface area contributed by atoms with Gasteiger partial charge in [0.25, 0.3) is 0 Å². The second-order valence-electron chi connectivity index (χ2n) is 5.02. The summed E-state index contributed by atoms with van der Waals surface area (Å²) in [5.41, 5.74) is 2.55. The molecule has 1 aromatic rings. The normalized spacial score (nSPS) is 25.8. The Morgan fingerprint density at radius 3 is 2.76 bits per heavy atom. The molecule has 0 saturated carbocycles. The van der Waals surface area contributed by atoms with Crippen LogP contribution in [0, 0.1) is 11.8 Å². The molecular weight excluding hydrogens is 232 g/mol. The number of aliphatic imine (C=N–C) groups is 1. The Morgan fingerprint density at radius 1 is 1.47 bits per heavy atom. The van der Waals surface area contributed by atoms with Gasteiger partial charge in [-0.1, -0.05) is 27.7 Å². The first-order valence-electron chi connectivity index (χ1n) is 6.22. The fraction of sp³-hybridized carbons (Fsp3) is 0.692. The zero-order chi connectivity index (χ0) is 12.5. The van der Waals surface area contributed by atoms with Crippen LogP contribution in [-0.4, -0.2) is 23.0 Å². The lowest BCUT2D eigenvalue weighted by molar-refractivity contribution is -0.0137. The molecule has 1 aliphatic heterocycles. The molecule has 1 aliphatic rings. The first-order chi connectivity index (χ1) is 8.10. The molecule has 0 amide bonds. The molecule has 0 fully saturated rings. The first-order valence-corrected chi connectivity index (χ1v) is 7.16. The summed E-state index contributed by atoms with van der Waals surface area (Å²) in [6, 6.07) is 0. The molecule has 0 spiro atoms. The van der Waals surface area contributed by atoms with Crippen LogP contribution in [-0.2, 0) is 4.74 Å². The van der Waals surface area contributed by atoms with Gasteiger partial charge in [-0.05, 0) is 18.3 Å². The van der Waals surface area contributed by atoms with Gasteiger partial charge in [-0.2, -0.15) is 0 Å². The molecule has 94 valence electrons. The van der Waals surface area contributed by atoms with Crippen LogP contribution >= 0.6 is 11.3 Å². The maximum atomic E-state index is 6.20. The van der Waals surface area contributed by atoms with Gasteiger partial charge in [-0.3, -0.25) is 0 Å². The highest BCUT2D eigenvalue weighted by molar-refractivity contribution is 7.07. The van der Waals surface area contributed by atoms with Crippen molar-refractivity contribution in [3.63, 3.8) is 0 Å². The average molecular weight is 252 g/mol. The van der Waals surface area contributed by atoms with Crippen LogP contribution in [0.15, 0.2) is 15.9 Å². The molecule has 0 N–H and O–H groups in total. The van der Waals surface area contributed by atoms with Crippen LogP contribution in [0.3, 0.4) is 0 Å². The summed E-state index contributed by atoms with van der Waals surface area (Å²) in [5.74, 6) is 1.68. The lowest BCUT2D eigenvalue weighted by Gasteiger charge is -2.37. The summed E-state index contributed by atoms with van der Waals surface area (Å²) in [6.07, 6.45) is 1.11. The molecule has 4 heteroatoms. The molecule has 0 saturated heterocycles. The minimum atomic E-state index is -0.145. The van der Waals surface area contributed by atoms with Crippen molar-refractivity contribution in [3.8, 4) is 0 Å². The topological polar surface area (TPSA) is 34.5 Å². The van der Waals surface area contributed by atoms with Crippen molar-refractivity contribution >= 4 is 17.2 Å². The van der Waals surface area contributed by atoms with E-state index in [0.29, 0.717) is 11.8 Å². The third-order valence-corrected chi connectivity index (χ3v) is 4.42. The smallest absolute Gasteiger partial charge is 0.236 e. The van der Waals surface area contributed by atoms with E-state index in [1.165, 1.54) is 0 Å². The van der Waals surface area contributed by atoms with Crippen LogP contribution in [0.2, 0.25) is 0 Å². The monoisotopic (exact) mass is 252 g/mol. The zero-order valence-corrected chi connectivity index (χ0v) is 11.8. The molecule has 3 nitrogen and oxygen atoms in total. The van der Waals surface area contributed by atoms with Crippen molar-refractivity contribution < 1.29 is 4.74 Å². The molecule has 2 rings (SSSR count). The summed E-state index contributed by atoms with van der Waals surface area (Å²) in [6.45, 7) is 9.64. The van der Waals surface area contributed by atoms with Crippen molar-refractivity contribution in [2.75, 3.05) is 6.54 Å². The fourth-order valence-electron chi connectivity index (χ4n) is 2.36. The van der Waals surface area contributed by atoms with Gasteiger partial charge in [-0.15, -0.1) is 11.3 Å². The van der Waals surface area contributed by atoms with Crippen molar-refractivity contribution in [2.45, 2.75) is 39.7 Å². The summed E-state index contributed by atoms with van der Waals surface area (Å²) < 4.78 is 6.20. The van der Waals surface area contributed by atoms with Crippen LogP contribution in [0.5, 0.6) is 0 Å². The first kappa shape index (κ1) is 12.6. The Morgan fingerprint density at radius 2 is 2.24 bits per heavy atom. The number of ether oxygens (including phenoxy) is 1. The van der Waals surface area contributed by atoms with Crippen LogP contribution in [0.25, 0.3) is 0 Å². The highest BCUT2D eigenvalue weighted by atomic mass is 32.1. The number of nitrogens with zero attached hydrogens (tertiary/aromatic N) is 2. The van der Waals surface area contributed by atoms with E-state index in [0.717, 1.165) is 24.6 Å². The highest BCUT2D eigenvalue weighted by Gasteiger charge is 2.45. The van der Waals surface area contributed by atoms with Gasteiger partial charge in [-0.25, -0.2) is 9.98 Å². The Hall–Kier alpha value is -0.900. The Bertz CT molecular complexity index is 400. The predicted molar refractivity (Wildman–Crippen MR) is 71.6 cm³/mol. The van der Waals surface area contributed by atoms with Gasteiger partial charge >= 0.3 is 0 Å². The summed E-state index contributed by atoms with van der Waals surface area (Å²) >= 11 is 1.58. The number of hydrogen-bond donors (Lipinski definition) is 0. The number of aromatic nitrogens is 1. The lowest BCUT2D eigenvalue weighted by Crippen LogP contribution is -2.45. The van der Waals surface area contributed by atoms with E-state index in [9.17, 15) is 0 Å². The molecule has 2 atom stereocenters. The van der Waals surface area contributed by atoms with Gasteiger partial charge in [0.1, 0.15) is 11.3 Å². The molecule has 0 bridgehead atoms. The number of hydrogen-bond acceptors (Lipinski definition) is 4. The average Bonchev–Trinajstić information content (AvgIpc) is 2.96. The van der Waals surface area contributed by atoms with Gasteiger partial charge in [0.2, 0.25) is 5.90 Å². The predicted octanol–water partition coefficient (Wildman–Crippen LogP) is 3.36. The van der Waals surface area contributed by atoms with Crippen molar-refractivity contribution in [2.24, 2.45) is 16.8 Å². The standard InChI is InChI=1S/C13H20N2OS/c1-5-10(4)13(9(2)3)7-14-12(16-13)11-6-17-8-15-11/h6,8-10H,5,7H2,1-4H3. The maximum absolute atomic E-state index is 6.20. The largest absolute Gasteiger partial charge is 0.467 e. The lowest BCUT2D eigenvalue weighted by atomic mass is 9.78. The van der Waals surface area contributed by atoms with E-state index >= 15 is 0 Å². The fourth-order valence-corrected chi connectivity index (χ4v) is 2.89. The zero-order valence-electron chi connectivity index (χ0n) is 10.9. The maximum Gasteiger partial charge on any atom is 0.236 e. The van der Waals surface area contributed by atoms with Crippen LogP contribution < -0.4 is 0 Å². The van der Waals surface area contributed by atoms with E-state index in [-0.39, 0.29) is 5.60 Å². The minimum Gasteiger partial charge on any atom is -0.467 e. The van der Waals surface area contributed by atoms with E-state index < -0.39 is 0 Å². The third-order valence-electron chi connectivity index (χ3n) is 3.83. The van der Waals surface area contributed by atoms with Crippen LogP contribution in [0.1, 0.15) is 39.8 Å². The Labute approximate surface area is 107 Å². The molecule has 0 radical (unpaired) electrons. The summed E-state index contributed by atoms with van der Waals surface area (Å²) in [5, 5.41) is 1.99. The Kier molecular flexibility index (Phi) is 3.52. The van der Waals surface area contributed by atoms with Crippen molar-refractivity contribution in [1.29, 1.82) is 0 Å². The molecule has 0 aromatic carbocycles. The van der Waals surface area contributed by atoms with E-state index in [1.54, 1.807) is 11.3 Å². The molecule has 1 aromatic heterocycles. The van der Waals surface area contributed by atoms with E-state index in [1.807, 2.05) is 10.9 Å². The summed E-state index contributed by atoms with van der Waals surface area (Å²) in [7, 11) is 0. The van der Waals surface area contributed by atoms with Crippen molar-refractivity contribution in [3.05, 3.63) is 16.6 Å². The quantitative estimate of drug-likeness (QED) is 0.823. The second-order valence-corrected chi connectivity index (χ2v) is 5.73. The summed E-state index contributed by atoms with van der Waals surface area (Å²) in [4.78, 5) is 8.83. The van der Waals surface area contributed by atoms with Gasteiger partial charge in [0, 0.05) is 5.38 Å². The molecular formula is C13H20N2OS. The second kappa shape index (κ2) is 4.77. The molecule has 2 heterocycles. The van der Waals surface area contributed by atoms with Gasteiger partial charge in [0.15, 0.2) is 0 Å². The molecule has 17 heavy (non-hydrogen) atoms. The highest BCUT2D eigenvalue weighted by Crippen LogP contribution is 2.37. The molecule has 2 unspecified atom stereocenters. The van der Waals surface area contributed by atoms with Crippen LogP contribution in [0.4, 0.5) is 0 Å².